The maximum absolute atomic E-state index is 12.8. The summed E-state index contributed by atoms with van der Waals surface area (Å²) in [6.07, 6.45) is 6.54. The highest BCUT2D eigenvalue weighted by molar-refractivity contribution is 5.37. The fraction of sp³-hybridized carbons (Fsp3) is 0.421. The van der Waals surface area contributed by atoms with Gasteiger partial charge in [0.1, 0.15) is 0 Å². The van der Waals surface area contributed by atoms with Crippen molar-refractivity contribution < 1.29 is 0 Å². The third-order valence-electron chi connectivity index (χ3n) is 4.82. The molecule has 3 rings (SSSR count). The quantitative estimate of drug-likeness (QED) is 0.940. The molecule has 1 heterocycles. The van der Waals surface area contributed by atoms with Crippen LogP contribution in [0.2, 0.25) is 0 Å². The SMILES string of the molecule is Cc1ccc(C(N)c2cccn(C3CCCC3)c2=O)c(C)c1. The van der Waals surface area contributed by atoms with Crippen molar-refractivity contribution in [2.75, 3.05) is 0 Å². The first-order chi connectivity index (χ1) is 10.6. The first kappa shape index (κ1) is 15.0. The van der Waals surface area contributed by atoms with Crippen molar-refractivity contribution in [3.63, 3.8) is 0 Å². The highest BCUT2D eigenvalue weighted by atomic mass is 16.1. The van der Waals surface area contributed by atoms with Gasteiger partial charge in [-0.3, -0.25) is 4.79 Å². The average molecular weight is 296 g/mol. The molecule has 0 amide bonds. The summed E-state index contributed by atoms with van der Waals surface area (Å²) >= 11 is 0. The van der Waals surface area contributed by atoms with Crippen LogP contribution in [0.5, 0.6) is 0 Å². The van der Waals surface area contributed by atoms with Crippen molar-refractivity contribution in [3.05, 3.63) is 69.1 Å². The van der Waals surface area contributed by atoms with Gasteiger partial charge in [-0.25, -0.2) is 0 Å². The second-order valence-electron chi connectivity index (χ2n) is 6.45. The van der Waals surface area contributed by atoms with Crippen molar-refractivity contribution in [3.8, 4) is 0 Å². The minimum absolute atomic E-state index is 0.0712. The maximum Gasteiger partial charge on any atom is 0.255 e. The van der Waals surface area contributed by atoms with Gasteiger partial charge in [0.2, 0.25) is 0 Å². The Labute approximate surface area is 131 Å². The summed E-state index contributed by atoms with van der Waals surface area (Å²) in [6.45, 7) is 4.12. The minimum Gasteiger partial charge on any atom is -0.320 e. The number of pyridine rings is 1. The zero-order valence-corrected chi connectivity index (χ0v) is 13.4. The zero-order valence-electron chi connectivity index (χ0n) is 13.4. The summed E-state index contributed by atoms with van der Waals surface area (Å²) in [5.41, 5.74) is 10.6. The number of nitrogens with two attached hydrogens (primary N) is 1. The van der Waals surface area contributed by atoms with E-state index < -0.39 is 0 Å². The maximum atomic E-state index is 12.8. The van der Waals surface area contributed by atoms with E-state index >= 15 is 0 Å². The third kappa shape index (κ3) is 2.73. The molecule has 2 N–H and O–H groups in total. The van der Waals surface area contributed by atoms with Gasteiger partial charge in [-0.15, -0.1) is 0 Å². The first-order valence-corrected chi connectivity index (χ1v) is 8.11. The molecule has 0 saturated heterocycles. The van der Waals surface area contributed by atoms with Gasteiger partial charge in [-0.2, -0.15) is 0 Å². The van der Waals surface area contributed by atoms with Crippen LogP contribution >= 0.6 is 0 Å². The number of hydrogen-bond donors (Lipinski definition) is 1. The molecule has 22 heavy (non-hydrogen) atoms. The predicted molar refractivity (Wildman–Crippen MR) is 90.2 cm³/mol. The lowest BCUT2D eigenvalue weighted by Gasteiger charge is -2.19. The van der Waals surface area contributed by atoms with Crippen LogP contribution in [-0.4, -0.2) is 4.57 Å². The molecule has 1 unspecified atom stereocenters. The van der Waals surface area contributed by atoms with E-state index in [4.69, 9.17) is 5.73 Å². The molecule has 2 aromatic rings. The second-order valence-corrected chi connectivity index (χ2v) is 6.45. The van der Waals surface area contributed by atoms with Gasteiger partial charge < -0.3 is 10.3 Å². The molecular formula is C19H24N2O. The first-order valence-electron chi connectivity index (χ1n) is 8.11. The molecule has 1 aliphatic rings. The van der Waals surface area contributed by atoms with Gasteiger partial charge in [-0.05, 0) is 43.9 Å². The molecule has 1 fully saturated rings. The number of aryl methyl sites for hydroxylation is 2. The second kappa shape index (κ2) is 6.09. The molecule has 116 valence electrons. The molecule has 0 radical (unpaired) electrons. The molecule has 0 aliphatic heterocycles. The third-order valence-corrected chi connectivity index (χ3v) is 4.82. The van der Waals surface area contributed by atoms with E-state index in [9.17, 15) is 4.79 Å². The topological polar surface area (TPSA) is 48.0 Å². The van der Waals surface area contributed by atoms with Crippen LogP contribution in [0.25, 0.3) is 0 Å². The smallest absolute Gasteiger partial charge is 0.255 e. The van der Waals surface area contributed by atoms with Crippen molar-refractivity contribution in [1.29, 1.82) is 0 Å². The fourth-order valence-electron chi connectivity index (χ4n) is 3.58. The Hall–Kier alpha value is -1.87. The van der Waals surface area contributed by atoms with E-state index in [0.29, 0.717) is 11.6 Å². The Kier molecular flexibility index (Phi) is 4.16. The highest BCUT2D eigenvalue weighted by Gasteiger charge is 2.21. The van der Waals surface area contributed by atoms with E-state index in [1.54, 1.807) is 0 Å². The fourth-order valence-corrected chi connectivity index (χ4v) is 3.58. The summed E-state index contributed by atoms with van der Waals surface area (Å²) in [7, 11) is 0. The van der Waals surface area contributed by atoms with Gasteiger partial charge in [0.25, 0.3) is 5.56 Å². The van der Waals surface area contributed by atoms with Crippen LogP contribution in [0.15, 0.2) is 41.3 Å². The highest BCUT2D eigenvalue weighted by Crippen LogP contribution is 2.29. The van der Waals surface area contributed by atoms with E-state index in [1.165, 1.54) is 18.4 Å². The Morgan fingerprint density at radius 1 is 1.14 bits per heavy atom. The molecule has 0 bridgehead atoms. The summed E-state index contributed by atoms with van der Waals surface area (Å²) in [5, 5.41) is 0. The Morgan fingerprint density at radius 2 is 1.86 bits per heavy atom. The van der Waals surface area contributed by atoms with E-state index in [1.807, 2.05) is 29.0 Å². The average Bonchev–Trinajstić information content (AvgIpc) is 3.01. The molecule has 0 spiro atoms. The number of rotatable bonds is 3. The van der Waals surface area contributed by atoms with Crippen molar-refractivity contribution in [2.24, 2.45) is 5.73 Å². The molecule has 1 aliphatic carbocycles. The summed E-state index contributed by atoms with van der Waals surface area (Å²) < 4.78 is 1.89. The van der Waals surface area contributed by atoms with Crippen molar-refractivity contribution in [2.45, 2.75) is 51.6 Å². The Morgan fingerprint density at radius 3 is 2.55 bits per heavy atom. The van der Waals surface area contributed by atoms with Crippen molar-refractivity contribution in [1.82, 2.24) is 4.57 Å². The molecule has 3 heteroatoms. The molecule has 1 saturated carbocycles. The number of benzene rings is 1. The lowest BCUT2D eigenvalue weighted by atomic mass is 9.95. The van der Waals surface area contributed by atoms with Crippen LogP contribution in [0.3, 0.4) is 0 Å². The normalized spacial score (nSPS) is 16.9. The van der Waals surface area contributed by atoms with Gasteiger partial charge in [0.05, 0.1) is 6.04 Å². The summed E-state index contributed by atoms with van der Waals surface area (Å²) in [6, 6.07) is 10.0. The monoisotopic (exact) mass is 296 g/mol. The van der Waals surface area contributed by atoms with E-state index in [2.05, 4.69) is 26.0 Å². The number of aromatic nitrogens is 1. The minimum atomic E-state index is -0.359. The predicted octanol–water partition coefficient (Wildman–Crippen LogP) is 3.63. The Balaban J connectivity index is 2.00. The molecular weight excluding hydrogens is 272 g/mol. The van der Waals surface area contributed by atoms with Crippen LogP contribution in [0, 0.1) is 13.8 Å². The Bertz CT molecular complexity index is 726. The van der Waals surface area contributed by atoms with Crippen LogP contribution in [-0.2, 0) is 0 Å². The zero-order chi connectivity index (χ0) is 15.7. The van der Waals surface area contributed by atoms with Gasteiger partial charge in [0, 0.05) is 17.8 Å². The number of hydrogen-bond acceptors (Lipinski definition) is 2. The van der Waals surface area contributed by atoms with Gasteiger partial charge in [0.15, 0.2) is 0 Å². The van der Waals surface area contributed by atoms with Crippen molar-refractivity contribution >= 4 is 0 Å². The molecule has 3 nitrogen and oxygen atoms in total. The number of nitrogens with zero attached hydrogens (tertiary/aromatic N) is 1. The largest absolute Gasteiger partial charge is 0.320 e. The lowest BCUT2D eigenvalue weighted by molar-refractivity contribution is 0.497. The molecule has 1 aromatic heterocycles. The standard InChI is InChI=1S/C19H24N2O/c1-13-9-10-16(14(2)12-13)18(20)17-8-5-11-21(19(17)22)15-6-3-4-7-15/h5,8-12,15,18H,3-4,6-7,20H2,1-2H3. The van der Waals surface area contributed by atoms with Gasteiger partial charge >= 0.3 is 0 Å². The van der Waals surface area contributed by atoms with E-state index in [-0.39, 0.29) is 11.6 Å². The van der Waals surface area contributed by atoms with Crippen LogP contribution in [0.4, 0.5) is 0 Å². The van der Waals surface area contributed by atoms with Gasteiger partial charge in [-0.1, -0.05) is 42.7 Å². The summed E-state index contributed by atoms with van der Waals surface area (Å²) in [5.74, 6) is 0. The molecule has 1 atom stereocenters. The lowest BCUT2D eigenvalue weighted by Crippen LogP contribution is -2.30. The van der Waals surface area contributed by atoms with Crippen LogP contribution < -0.4 is 11.3 Å². The molecule has 1 aromatic carbocycles. The van der Waals surface area contributed by atoms with Crippen LogP contribution in [0.1, 0.15) is 60.0 Å². The summed E-state index contributed by atoms with van der Waals surface area (Å²) in [4.78, 5) is 12.8. The van der Waals surface area contributed by atoms with E-state index in [0.717, 1.165) is 24.0 Å².